The van der Waals surface area contributed by atoms with Crippen LogP contribution >= 0.6 is 23.1 Å². The van der Waals surface area contributed by atoms with Crippen molar-refractivity contribution in [2.24, 2.45) is 0 Å². The standard InChI is InChI=1S/C17H16N2O3S2/c1-11(16-18-19-17(22-16)15-4-2-9-23-15)24-12-5-6-13-14(10-12)21-8-3-7-20-13/h2,4-6,9-11H,3,7-8H2,1H3. The zero-order valence-corrected chi connectivity index (χ0v) is 14.7. The second kappa shape index (κ2) is 6.86. The highest BCUT2D eigenvalue weighted by Gasteiger charge is 2.18. The van der Waals surface area contributed by atoms with Gasteiger partial charge in [-0.05, 0) is 36.6 Å². The molecule has 7 heteroatoms. The molecule has 0 N–H and O–H groups in total. The second-order valence-electron chi connectivity index (χ2n) is 5.34. The predicted octanol–water partition coefficient (Wildman–Crippen LogP) is 4.81. The lowest BCUT2D eigenvalue weighted by molar-refractivity contribution is 0.297. The summed E-state index contributed by atoms with van der Waals surface area (Å²) < 4.78 is 17.2. The van der Waals surface area contributed by atoms with Crippen molar-refractivity contribution in [3.63, 3.8) is 0 Å². The predicted molar refractivity (Wildman–Crippen MR) is 93.9 cm³/mol. The fourth-order valence-corrected chi connectivity index (χ4v) is 3.94. The smallest absolute Gasteiger partial charge is 0.257 e. The maximum atomic E-state index is 5.81. The summed E-state index contributed by atoms with van der Waals surface area (Å²) in [4.78, 5) is 2.07. The van der Waals surface area contributed by atoms with E-state index in [0.29, 0.717) is 25.0 Å². The number of aromatic nitrogens is 2. The van der Waals surface area contributed by atoms with E-state index < -0.39 is 0 Å². The zero-order valence-electron chi connectivity index (χ0n) is 13.1. The lowest BCUT2D eigenvalue weighted by atomic mass is 10.3. The SMILES string of the molecule is CC(Sc1ccc2c(c1)OCCCO2)c1nnc(-c2cccs2)o1. The molecule has 2 aromatic heterocycles. The van der Waals surface area contributed by atoms with E-state index >= 15 is 0 Å². The Bertz CT molecular complexity index is 817. The first-order valence-electron chi connectivity index (χ1n) is 7.73. The molecule has 1 atom stereocenters. The van der Waals surface area contributed by atoms with Crippen LogP contribution in [0.25, 0.3) is 10.8 Å². The van der Waals surface area contributed by atoms with Crippen LogP contribution in [0.3, 0.4) is 0 Å². The maximum Gasteiger partial charge on any atom is 0.257 e. The van der Waals surface area contributed by atoms with Crippen LogP contribution in [0.15, 0.2) is 45.0 Å². The van der Waals surface area contributed by atoms with Crippen molar-refractivity contribution < 1.29 is 13.9 Å². The monoisotopic (exact) mass is 360 g/mol. The lowest BCUT2D eigenvalue weighted by Crippen LogP contribution is -1.97. The maximum absolute atomic E-state index is 5.81. The molecule has 0 amide bonds. The number of hydrogen-bond acceptors (Lipinski definition) is 7. The van der Waals surface area contributed by atoms with Crippen molar-refractivity contribution in [2.75, 3.05) is 13.2 Å². The summed E-state index contributed by atoms with van der Waals surface area (Å²) in [6, 6.07) is 9.95. The van der Waals surface area contributed by atoms with E-state index in [9.17, 15) is 0 Å². The van der Waals surface area contributed by atoms with Gasteiger partial charge in [0.15, 0.2) is 11.5 Å². The summed E-state index contributed by atoms with van der Waals surface area (Å²) in [6.45, 7) is 3.44. The average molecular weight is 360 g/mol. The Labute approximate surface area is 148 Å². The van der Waals surface area contributed by atoms with Crippen LogP contribution in [0.4, 0.5) is 0 Å². The first kappa shape index (κ1) is 15.5. The molecule has 124 valence electrons. The number of ether oxygens (including phenoxy) is 2. The van der Waals surface area contributed by atoms with Crippen molar-refractivity contribution in [3.8, 4) is 22.3 Å². The molecule has 0 spiro atoms. The number of hydrogen-bond donors (Lipinski definition) is 0. The van der Waals surface area contributed by atoms with E-state index in [2.05, 4.69) is 17.1 Å². The van der Waals surface area contributed by atoms with Crippen LogP contribution in [0.2, 0.25) is 0 Å². The Morgan fingerprint density at radius 1 is 1.12 bits per heavy atom. The molecule has 1 aliphatic heterocycles. The van der Waals surface area contributed by atoms with E-state index in [4.69, 9.17) is 13.9 Å². The van der Waals surface area contributed by atoms with Crippen molar-refractivity contribution in [2.45, 2.75) is 23.5 Å². The van der Waals surface area contributed by atoms with Crippen molar-refractivity contribution in [1.82, 2.24) is 10.2 Å². The third-order valence-electron chi connectivity index (χ3n) is 3.55. The van der Waals surface area contributed by atoms with Crippen molar-refractivity contribution in [3.05, 3.63) is 41.6 Å². The molecule has 0 bridgehead atoms. The third kappa shape index (κ3) is 3.27. The number of benzene rings is 1. The van der Waals surface area contributed by atoms with Gasteiger partial charge in [0.1, 0.15) is 0 Å². The molecule has 3 aromatic rings. The highest BCUT2D eigenvalue weighted by molar-refractivity contribution is 7.99. The van der Waals surface area contributed by atoms with E-state index in [1.165, 1.54) is 0 Å². The second-order valence-corrected chi connectivity index (χ2v) is 7.70. The van der Waals surface area contributed by atoms with Gasteiger partial charge in [-0.2, -0.15) is 0 Å². The van der Waals surface area contributed by atoms with Crippen LogP contribution in [0.1, 0.15) is 24.5 Å². The highest BCUT2D eigenvalue weighted by Crippen LogP contribution is 2.40. The molecule has 1 aliphatic rings. The molecule has 1 aromatic carbocycles. The Morgan fingerprint density at radius 2 is 2.00 bits per heavy atom. The van der Waals surface area contributed by atoms with Gasteiger partial charge in [-0.3, -0.25) is 0 Å². The van der Waals surface area contributed by atoms with Crippen LogP contribution in [-0.4, -0.2) is 23.4 Å². The van der Waals surface area contributed by atoms with E-state index in [1.807, 2.05) is 35.7 Å². The minimum Gasteiger partial charge on any atom is -0.490 e. The van der Waals surface area contributed by atoms with Gasteiger partial charge < -0.3 is 13.9 Å². The zero-order chi connectivity index (χ0) is 16.4. The summed E-state index contributed by atoms with van der Waals surface area (Å²) in [5.74, 6) is 2.80. The van der Waals surface area contributed by atoms with E-state index in [0.717, 1.165) is 27.7 Å². The van der Waals surface area contributed by atoms with Crippen molar-refractivity contribution >= 4 is 23.1 Å². The minimum atomic E-state index is 0.0518. The van der Waals surface area contributed by atoms with Gasteiger partial charge in [-0.1, -0.05) is 6.07 Å². The Morgan fingerprint density at radius 3 is 2.83 bits per heavy atom. The van der Waals surface area contributed by atoms with Crippen LogP contribution in [0.5, 0.6) is 11.5 Å². The van der Waals surface area contributed by atoms with Crippen molar-refractivity contribution in [1.29, 1.82) is 0 Å². The first-order chi connectivity index (χ1) is 11.8. The van der Waals surface area contributed by atoms with Gasteiger partial charge in [0.05, 0.1) is 23.3 Å². The molecule has 0 radical (unpaired) electrons. The van der Waals surface area contributed by atoms with E-state index in [1.54, 1.807) is 23.1 Å². The molecule has 0 saturated heterocycles. The molecule has 0 saturated carbocycles. The summed E-state index contributed by atoms with van der Waals surface area (Å²) in [5.41, 5.74) is 0. The minimum absolute atomic E-state index is 0.0518. The van der Waals surface area contributed by atoms with E-state index in [-0.39, 0.29) is 5.25 Å². The topological polar surface area (TPSA) is 57.4 Å². The molecule has 3 heterocycles. The molecule has 5 nitrogen and oxygen atoms in total. The largest absolute Gasteiger partial charge is 0.490 e. The number of fused-ring (bicyclic) bond motifs is 1. The fraction of sp³-hybridized carbons (Fsp3) is 0.294. The quantitative estimate of drug-likeness (QED) is 0.622. The molecule has 1 unspecified atom stereocenters. The number of rotatable bonds is 4. The average Bonchev–Trinajstić information content (AvgIpc) is 3.22. The third-order valence-corrected chi connectivity index (χ3v) is 5.49. The van der Waals surface area contributed by atoms with Gasteiger partial charge >= 0.3 is 0 Å². The Hall–Kier alpha value is -1.99. The van der Waals surface area contributed by atoms with Gasteiger partial charge in [-0.25, -0.2) is 0 Å². The van der Waals surface area contributed by atoms with Crippen LogP contribution < -0.4 is 9.47 Å². The highest BCUT2D eigenvalue weighted by atomic mass is 32.2. The number of thiophene rings is 1. The fourth-order valence-electron chi connectivity index (χ4n) is 2.37. The van der Waals surface area contributed by atoms with Gasteiger partial charge in [-0.15, -0.1) is 33.3 Å². The molecule has 0 aliphatic carbocycles. The molecule has 24 heavy (non-hydrogen) atoms. The van der Waals surface area contributed by atoms with Gasteiger partial charge in [0.2, 0.25) is 5.89 Å². The Kier molecular flexibility index (Phi) is 4.44. The number of thioether (sulfide) groups is 1. The van der Waals surface area contributed by atoms with Gasteiger partial charge in [0.25, 0.3) is 5.89 Å². The number of nitrogens with zero attached hydrogens (tertiary/aromatic N) is 2. The summed E-state index contributed by atoms with van der Waals surface area (Å²) in [6.07, 6.45) is 0.904. The normalized spacial score (nSPS) is 15.0. The van der Waals surface area contributed by atoms with Crippen LogP contribution in [-0.2, 0) is 0 Å². The van der Waals surface area contributed by atoms with Crippen LogP contribution in [0, 0.1) is 0 Å². The van der Waals surface area contributed by atoms with Gasteiger partial charge in [0, 0.05) is 11.3 Å². The summed E-state index contributed by atoms with van der Waals surface area (Å²) in [5, 5.41) is 10.4. The Balaban J connectivity index is 1.50. The first-order valence-corrected chi connectivity index (χ1v) is 9.49. The lowest BCUT2D eigenvalue weighted by Gasteiger charge is -2.11. The summed E-state index contributed by atoms with van der Waals surface area (Å²) >= 11 is 3.25. The molecule has 0 fully saturated rings. The molecular formula is C17H16N2O3S2. The summed E-state index contributed by atoms with van der Waals surface area (Å²) in [7, 11) is 0. The molecular weight excluding hydrogens is 344 g/mol. The molecule has 4 rings (SSSR count).